The first-order valence-electron chi connectivity index (χ1n) is 5.03. The van der Waals surface area contributed by atoms with Gasteiger partial charge in [0.15, 0.2) is 0 Å². The highest BCUT2D eigenvalue weighted by atomic mass is 32.1. The van der Waals surface area contributed by atoms with E-state index in [0.717, 1.165) is 13.1 Å². The van der Waals surface area contributed by atoms with Gasteiger partial charge in [-0.2, -0.15) is 0 Å². The molecule has 0 unspecified atom stereocenters. The normalized spacial score (nSPS) is 11.6. The van der Waals surface area contributed by atoms with Gasteiger partial charge in [0, 0.05) is 28.9 Å². The summed E-state index contributed by atoms with van der Waals surface area (Å²) in [5.41, 5.74) is 0. The van der Waals surface area contributed by atoms with Crippen LogP contribution in [0.15, 0.2) is 12.1 Å². The Morgan fingerprint density at radius 2 is 1.93 bits per heavy atom. The fourth-order valence-electron chi connectivity index (χ4n) is 1.22. The number of nitrogens with zero attached hydrogens (tertiary/aromatic N) is 1. The van der Waals surface area contributed by atoms with Crippen molar-refractivity contribution >= 4 is 11.3 Å². The van der Waals surface area contributed by atoms with E-state index >= 15 is 0 Å². The molecule has 0 saturated carbocycles. The predicted molar refractivity (Wildman–Crippen MR) is 63.7 cm³/mol. The van der Waals surface area contributed by atoms with Crippen molar-refractivity contribution in [2.24, 2.45) is 0 Å². The van der Waals surface area contributed by atoms with Gasteiger partial charge in [-0.1, -0.05) is 13.8 Å². The second-order valence-corrected chi connectivity index (χ2v) is 5.39. The Morgan fingerprint density at radius 3 is 2.50 bits per heavy atom. The molecule has 1 heterocycles. The average Bonchev–Trinajstić information content (AvgIpc) is 2.47. The summed E-state index contributed by atoms with van der Waals surface area (Å²) in [6, 6.07) is 5.01. The molecule has 0 aliphatic rings. The molecular formula is C11H20N2S. The number of rotatable bonds is 5. The molecule has 1 aromatic heterocycles. The van der Waals surface area contributed by atoms with Crippen LogP contribution in [-0.2, 0) is 13.1 Å². The molecule has 80 valence electrons. The maximum atomic E-state index is 3.43. The van der Waals surface area contributed by atoms with E-state index in [-0.39, 0.29) is 0 Å². The Balaban J connectivity index is 2.42. The third-order valence-corrected chi connectivity index (χ3v) is 2.94. The van der Waals surface area contributed by atoms with Crippen molar-refractivity contribution in [2.45, 2.75) is 33.0 Å². The predicted octanol–water partition coefficient (Wildman–Crippen LogP) is 2.31. The van der Waals surface area contributed by atoms with E-state index in [1.54, 1.807) is 0 Å². The second kappa shape index (κ2) is 5.49. The molecule has 3 heteroatoms. The minimum atomic E-state index is 0.564. The lowest BCUT2D eigenvalue weighted by molar-refractivity contribution is 0.406. The standard InChI is InChI=1S/C11H20N2S/c1-9(2)12-7-10-5-6-11(14-10)8-13(3)4/h5-6,9,12H,7-8H2,1-4H3. The van der Waals surface area contributed by atoms with Crippen molar-refractivity contribution < 1.29 is 0 Å². The Hall–Kier alpha value is -0.380. The molecule has 1 N–H and O–H groups in total. The number of hydrogen-bond donors (Lipinski definition) is 1. The fourth-order valence-corrected chi connectivity index (χ4v) is 2.31. The first-order chi connectivity index (χ1) is 6.58. The third-order valence-electron chi connectivity index (χ3n) is 1.87. The van der Waals surface area contributed by atoms with Crippen LogP contribution in [0.2, 0.25) is 0 Å². The van der Waals surface area contributed by atoms with Crippen LogP contribution in [0.3, 0.4) is 0 Å². The zero-order chi connectivity index (χ0) is 10.6. The lowest BCUT2D eigenvalue weighted by Gasteiger charge is -2.07. The van der Waals surface area contributed by atoms with Crippen LogP contribution in [-0.4, -0.2) is 25.0 Å². The van der Waals surface area contributed by atoms with Gasteiger partial charge in [0.1, 0.15) is 0 Å². The molecule has 0 fully saturated rings. The molecule has 0 spiro atoms. The Kier molecular flexibility index (Phi) is 4.58. The van der Waals surface area contributed by atoms with Gasteiger partial charge in [0.05, 0.1) is 0 Å². The van der Waals surface area contributed by atoms with Crippen LogP contribution in [0, 0.1) is 0 Å². The molecule has 1 aromatic rings. The molecule has 1 rings (SSSR count). The molecule has 2 nitrogen and oxygen atoms in total. The molecule has 0 saturated heterocycles. The van der Waals surface area contributed by atoms with Crippen molar-refractivity contribution in [1.29, 1.82) is 0 Å². The van der Waals surface area contributed by atoms with Crippen molar-refractivity contribution in [2.75, 3.05) is 14.1 Å². The van der Waals surface area contributed by atoms with E-state index in [0.29, 0.717) is 6.04 Å². The second-order valence-electron chi connectivity index (χ2n) is 4.14. The minimum absolute atomic E-state index is 0.564. The lowest BCUT2D eigenvalue weighted by atomic mass is 10.3. The van der Waals surface area contributed by atoms with Gasteiger partial charge in [-0.3, -0.25) is 0 Å². The van der Waals surface area contributed by atoms with E-state index in [2.05, 4.69) is 50.3 Å². The zero-order valence-corrected chi connectivity index (χ0v) is 10.3. The SMILES string of the molecule is CC(C)NCc1ccc(CN(C)C)s1. The Bertz CT molecular complexity index is 266. The van der Waals surface area contributed by atoms with Crippen LogP contribution in [0.4, 0.5) is 0 Å². The molecule has 0 aliphatic carbocycles. The first kappa shape index (κ1) is 11.7. The van der Waals surface area contributed by atoms with E-state index in [1.807, 2.05) is 11.3 Å². The number of hydrogen-bond acceptors (Lipinski definition) is 3. The summed E-state index contributed by atoms with van der Waals surface area (Å²) >= 11 is 1.90. The Morgan fingerprint density at radius 1 is 1.29 bits per heavy atom. The molecule has 0 atom stereocenters. The average molecular weight is 212 g/mol. The van der Waals surface area contributed by atoms with E-state index in [4.69, 9.17) is 0 Å². The van der Waals surface area contributed by atoms with Gasteiger partial charge in [-0.15, -0.1) is 11.3 Å². The largest absolute Gasteiger partial charge is 0.310 e. The van der Waals surface area contributed by atoms with Crippen LogP contribution < -0.4 is 5.32 Å². The molecule has 0 amide bonds. The summed E-state index contributed by atoms with van der Waals surface area (Å²) < 4.78 is 0. The van der Waals surface area contributed by atoms with E-state index in [1.165, 1.54) is 9.75 Å². The zero-order valence-electron chi connectivity index (χ0n) is 9.50. The fraction of sp³-hybridized carbons (Fsp3) is 0.636. The van der Waals surface area contributed by atoms with Crippen LogP contribution in [0.25, 0.3) is 0 Å². The molecule has 14 heavy (non-hydrogen) atoms. The van der Waals surface area contributed by atoms with Gasteiger partial charge in [0.25, 0.3) is 0 Å². The van der Waals surface area contributed by atoms with E-state index < -0.39 is 0 Å². The van der Waals surface area contributed by atoms with Crippen LogP contribution in [0.5, 0.6) is 0 Å². The molecule has 0 bridgehead atoms. The summed E-state index contributed by atoms with van der Waals surface area (Å²) in [5.74, 6) is 0. The monoisotopic (exact) mass is 212 g/mol. The summed E-state index contributed by atoms with van der Waals surface area (Å²) in [4.78, 5) is 5.07. The molecular weight excluding hydrogens is 192 g/mol. The van der Waals surface area contributed by atoms with Crippen LogP contribution in [0.1, 0.15) is 23.6 Å². The van der Waals surface area contributed by atoms with Crippen molar-refractivity contribution in [3.63, 3.8) is 0 Å². The van der Waals surface area contributed by atoms with Gasteiger partial charge >= 0.3 is 0 Å². The summed E-state index contributed by atoms with van der Waals surface area (Å²) in [7, 11) is 4.21. The minimum Gasteiger partial charge on any atom is -0.310 e. The third kappa shape index (κ3) is 4.22. The van der Waals surface area contributed by atoms with Gasteiger partial charge in [-0.25, -0.2) is 0 Å². The molecule has 0 aromatic carbocycles. The smallest absolute Gasteiger partial charge is 0.0321 e. The maximum absolute atomic E-state index is 3.43. The first-order valence-corrected chi connectivity index (χ1v) is 5.85. The van der Waals surface area contributed by atoms with Crippen molar-refractivity contribution in [3.05, 3.63) is 21.9 Å². The summed E-state index contributed by atoms with van der Waals surface area (Å²) in [6.07, 6.45) is 0. The number of nitrogens with one attached hydrogen (secondary N) is 1. The summed E-state index contributed by atoms with van der Waals surface area (Å²) in [5, 5.41) is 3.43. The highest BCUT2D eigenvalue weighted by Gasteiger charge is 2.01. The number of thiophene rings is 1. The maximum Gasteiger partial charge on any atom is 0.0321 e. The quantitative estimate of drug-likeness (QED) is 0.806. The van der Waals surface area contributed by atoms with Gasteiger partial charge in [-0.05, 0) is 26.2 Å². The van der Waals surface area contributed by atoms with Gasteiger partial charge in [0.2, 0.25) is 0 Å². The van der Waals surface area contributed by atoms with Crippen molar-refractivity contribution in [3.8, 4) is 0 Å². The highest BCUT2D eigenvalue weighted by Crippen LogP contribution is 2.17. The highest BCUT2D eigenvalue weighted by molar-refractivity contribution is 7.11. The lowest BCUT2D eigenvalue weighted by Crippen LogP contribution is -2.21. The molecule has 0 radical (unpaired) electrons. The van der Waals surface area contributed by atoms with E-state index in [9.17, 15) is 0 Å². The topological polar surface area (TPSA) is 15.3 Å². The molecule has 0 aliphatic heterocycles. The Labute approximate surface area is 90.9 Å². The summed E-state index contributed by atoms with van der Waals surface area (Å²) in [6.45, 7) is 6.39. The van der Waals surface area contributed by atoms with Crippen LogP contribution >= 0.6 is 11.3 Å². The van der Waals surface area contributed by atoms with Crippen molar-refractivity contribution in [1.82, 2.24) is 10.2 Å². The van der Waals surface area contributed by atoms with Gasteiger partial charge < -0.3 is 10.2 Å².